The summed E-state index contributed by atoms with van der Waals surface area (Å²) in [5.41, 5.74) is 2.84. The number of nitrogens with zero attached hydrogens (tertiary/aromatic N) is 1. The fourth-order valence-corrected chi connectivity index (χ4v) is 3.92. The van der Waals surface area contributed by atoms with Crippen LogP contribution in [0.1, 0.15) is 17.5 Å². The van der Waals surface area contributed by atoms with Crippen molar-refractivity contribution in [3.63, 3.8) is 0 Å². The van der Waals surface area contributed by atoms with Gasteiger partial charge in [0.25, 0.3) is 0 Å². The molecule has 1 aromatic heterocycles. The Morgan fingerprint density at radius 2 is 1.90 bits per heavy atom. The van der Waals surface area contributed by atoms with E-state index in [0.717, 1.165) is 11.9 Å². The van der Waals surface area contributed by atoms with E-state index in [4.69, 9.17) is 0 Å². The average Bonchev–Trinajstić information content (AvgIpc) is 3.31. The molecule has 1 aliphatic rings. The molecule has 1 aliphatic heterocycles. The molecular weight excluding hydrogens is 369 g/mol. The molecule has 6 heteroatoms. The van der Waals surface area contributed by atoms with Crippen molar-refractivity contribution in [1.82, 2.24) is 15.2 Å². The van der Waals surface area contributed by atoms with Crippen molar-refractivity contribution in [2.45, 2.75) is 19.3 Å². The summed E-state index contributed by atoms with van der Waals surface area (Å²) in [6.07, 6.45) is 3.40. The van der Waals surface area contributed by atoms with E-state index in [0.29, 0.717) is 31.6 Å². The number of aromatic amines is 1. The van der Waals surface area contributed by atoms with Crippen LogP contribution >= 0.6 is 0 Å². The summed E-state index contributed by atoms with van der Waals surface area (Å²) in [4.78, 5) is 29.8. The number of aromatic nitrogens is 1. The predicted octanol–water partition coefficient (Wildman–Crippen LogP) is 3.06. The lowest BCUT2D eigenvalue weighted by atomic mass is 10.1. The number of nitrogens with one attached hydrogen (secondary N) is 2. The summed E-state index contributed by atoms with van der Waals surface area (Å²) < 4.78 is 13.7. The molecule has 1 fully saturated rings. The molecule has 1 unspecified atom stereocenters. The molecule has 29 heavy (non-hydrogen) atoms. The highest BCUT2D eigenvalue weighted by Crippen LogP contribution is 2.21. The molecule has 1 saturated heterocycles. The predicted molar refractivity (Wildman–Crippen MR) is 110 cm³/mol. The van der Waals surface area contributed by atoms with Gasteiger partial charge in [0.1, 0.15) is 5.82 Å². The number of benzene rings is 2. The summed E-state index contributed by atoms with van der Waals surface area (Å²) in [6, 6.07) is 14.6. The molecule has 2 heterocycles. The van der Waals surface area contributed by atoms with E-state index >= 15 is 0 Å². The number of rotatable bonds is 7. The molecule has 3 aromatic rings. The number of carbonyl (C=O) groups excluding carboxylic acids is 2. The smallest absolute Gasteiger partial charge is 0.225 e. The molecule has 0 radical (unpaired) electrons. The molecule has 0 spiro atoms. The fourth-order valence-electron chi connectivity index (χ4n) is 3.92. The number of halogens is 1. The van der Waals surface area contributed by atoms with Crippen LogP contribution in [0.5, 0.6) is 0 Å². The lowest BCUT2D eigenvalue weighted by Gasteiger charge is -2.16. The van der Waals surface area contributed by atoms with Gasteiger partial charge in [-0.1, -0.05) is 36.4 Å². The molecule has 2 N–H and O–H groups in total. The van der Waals surface area contributed by atoms with Crippen LogP contribution in [0.15, 0.2) is 54.7 Å². The highest BCUT2D eigenvalue weighted by atomic mass is 19.1. The van der Waals surface area contributed by atoms with Crippen molar-refractivity contribution in [3.05, 3.63) is 71.7 Å². The van der Waals surface area contributed by atoms with Gasteiger partial charge in [0.2, 0.25) is 11.8 Å². The molecule has 0 saturated carbocycles. The first-order chi connectivity index (χ1) is 14.1. The standard InChI is InChI=1S/C23H24FN3O2/c24-20-7-3-1-5-16(20)9-11-25-23(29)18-13-22(28)27(15-18)12-10-17-14-26-21-8-4-2-6-19(17)21/h1-8,14,18,26H,9-13,15H2,(H,25,29). The highest BCUT2D eigenvalue weighted by molar-refractivity contribution is 5.89. The van der Waals surface area contributed by atoms with E-state index in [1.165, 1.54) is 17.0 Å². The van der Waals surface area contributed by atoms with E-state index in [1.54, 1.807) is 23.1 Å². The molecule has 0 bridgehead atoms. The summed E-state index contributed by atoms with van der Waals surface area (Å²) in [5.74, 6) is -0.726. The lowest BCUT2D eigenvalue weighted by Crippen LogP contribution is -2.34. The van der Waals surface area contributed by atoms with Gasteiger partial charge in [-0.3, -0.25) is 9.59 Å². The largest absolute Gasteiger partial charge is 0.361 e. The minimum absolute atomic E-state index is 0.0131. The van der Waals surface area contributed by atoms with Crippen LogP contribution in [0.25, 0.3) is 10.9 Å². The first-order valence-electron chi connectivity index (χ1n) is 9.95. The second-order valence-corrected chi connectivity index (χ2v) is 7.48. The van der Waals surface area contributed by atoms with Gasteiger partial charge in [-0.25, -0.2) is 4.39 Å². The molecule has 2 amide bonds. The van der Waals surface area contributed by atoms with Crippen LogP contribution in [0.2, 0.25) is 0 Å². The van der Waals surface area contributed by atoms with E-state index < -0.39 is 0 Å². The second-order valence-electron chi connectivity index (χ2n) is 7.48. The number of hydrogen-bond donors (Lipinski definition) is 2. The number of para-hydroxylation sites is 1. The maximum atomic E-state index is 13.7. The molecule has 5 nitrogen and oxygen atoms in total. The van der Waals surface area contributed by atoms with E-state index in [-0.39, 0.29) is 30.0 Å². The number of fused-ring (bicyclic) bond motifs is 1. The zero-order chi connectivity index (χ0) is 20.2. The maximum Gasteiger partial charge on any atom is 0.225 e. The first kappa shape index (κ1) is 19.2. The Kier molecular flexibility index (Phi) is 5.60. The molecule has 2 aromatic carbocycles. The molecule has 150 valence electrons. The van der Waals surface area contributed by atoms with Gasteiger partial charge in [0.05, 0.1) is 5.92 Å². The van der Waals surface area contributed by atoms with Crippen LogP contribution in [0.3, 0.4) is 0 Å². The Balaban J connectivity index is 1.27. The highest BCUT2D eigenvalue weighted by Gasteiger charge is 2.33. The minimum atomic E-state index is -0.342. The topological polar surface area (TPSA) is 65.2 Å². The van der Waals surface area contributed by atoms with Gasteiger partial charge >= 0.3 is 0 Å². The van der Waals surface area contributed by atoms with Gasteiger partial charge in [-0.2, -0.15) is 0 Å². The fraction of sp³-hybridized carbons (Fsp3) is 0.304. The molecule has 1 atom stereocenters. The molecule has 0 aliphatic carbocycles. The number of likely N-dealkylation sites (tertiary alicyclic amines) is 1. The summed E-state index contributed by atoms with van der Waals surface area (Å²) >= 11 is 0. The van der Waals surface area contributed by atoms with Crippen LogP contribution in [-0.2, 0) is 22.4 Å². The third-order valence-corrected chi connectivity index (χ3v) is 5.56. The van der Waals surface area contributed by atoms with Gasteiger partial charge in [0, 0.05) is 43.2 Å². The summed E-state index contributed by atoms with van der Waals surface area (Å²) in [6.45, 7) is 1.40. The number of carbonyl (C=O) groups is 2. The quantitative estimate of drug-likeness (QED) is 0.648. The van der Waals surface area contributed by atoms with Crippen LogP contribution < -0.4 is 5.32 Å². The van der Waals surface area contributed by atoms with Crippen molar-refractivity contribution in [3.8, 4) is 0 Å². The van der Waals surface area contributed by atoms with Crippen LogP contribution in [0, 0.1) is 11.7 Å². The Hall–Kier alpha value is -3.15. The number of hydrogen-bond acceptors (Lipinski definition) is 2. The van der Waals surface area contributed by atoms with Gasteiger partial charge in [0.15, 0.2) is 0 Å². The van der Waals surface area contributed by atoms with Crippen LogP contribution in [-0.4, -0.2) is 41.3 Å². The maximum absolute atomic E-state index is 13.7. The lowest BCUT2D eigenvalue weighted by molar-refractivity contribution is -0.129. The number of H-pyrrole nitrogens is 1. The SMILES string of the molecule is O=C(NCCc1ccccc1F)C1CC(=O)N(CCc2c[nH]c3ccccc23)C1. The Morgan fingerprint density at radius 3 is 2.76 bits per heavy atom. The van der Waals surface area contributed by atoms with E-state index in [9.17, 15) is 14.0 Å². The van der Waals surface area contributed by atoms with Crippen molar-refractivity contribution in [2.24, 2.45) is 5.92 Å². The number of amides is 2. The van der Waals surface area contributed by atoms with Crippen molar-refractivity contribution < 1.29 is 14.0 Å². The third kappa shape index (κ3) is 4.31. The molecule has 4 rings (SSSR count). The second kappa shape index (κ2) is 8.47. The Morgan fingerprint density at radius 1 is 1.10 bits per heavy atom. The monoisotopic (exact) mass is 393 g/mol. The molecular formula is C23H24FN3O2. The van der Waals surface area contributed by atoms with Gasteiger partial charge < -0.3 is 15.2 Å². The van der Waals surface area contributed by atoms with Crippen molar-refractivity contribution in [2.75, 3.05) is 19.6 Å². The zero-order valence-electron chi connectivity index (χ0n) is 16.2. The van der Waals surface area contributed by atoms with E-state index in [2.05, 4.69) is 16.4 Å². The van der Waals surface area contributed by atoms with Crippen molar-refractivity contribution >= 4 is 22.7 Å². The van der Waals surface area contributed by atoms with Gasteiger partial charge in [-0.05, 0) is 36.1 Å². The van der Waals surface area contributed by atoms with Crippen LogP contribution in [0.4, 0.5) is 4.39 Å². The Bertz CT molecular complexity index is 1030. The Labute approximate surface area is 168 Å². The minimum Gasteiger partial charge on any atom is -0.361 e. The van der Waals surface area contributed by atoms with E-state index in [1.807, 2.05) is 24.4 Å². The third-order valence-electron chi connectivity index (χ3n) is 5.56. The van der Waals surface area contributed by atoms with Gasteiger partial charge in [-0.15, -0.1) is 0 Å². The normalized spacial score (nSPS) is 16.5. The average molecular weight is 393 g/mol. The summed E-state index contributed by atoms with van der Waals surface area (Å²) in [7, 11) is 0. The summed E-state index contributed by atoms with van der Waals surface area (Å²) in [5, 5.41) is 4.01. The first-order valence-corrected chi connectivity index (χ1v) is 9.95. The van der Waals surface area contributed by atoms with Crippen molar-refractivity contribution in [1.29, 1.82) is 0 Å². The zero-order valence-corrected chi connectivity index (χ0v) is 16.2.